The van der Waals surface area contributed by atoms with Crippen LogP contribution in [-0.2, 0) is 20.3 Å². The average Bonchev–Trinajstić information content (AvgIpc) is 2.91. The first-order chi connectivity index (χ1) is 12.9. The summed E-state index contributed by atoms with van der Waals surface area (Å²) in [5, 5.41) is 4.79. The van der Waals surface area contributed by atoms with Crippen LogP contribution in [0.4, 0.5) is 0 Å². The Morgan fingerprint density at radius 3 is 2.37 bits per heavy atom. The predicted octanol–water partition coefficient (Wildman–Crippen LogP) is 5.14. The number of rotatable bonds is 6. The third-order valence-corrected chi connectivity index (χ3v) is 5.39. The molecule has 0 aliphatic rings. The number of aryl methyl sites for hydroxylation is 1. The summed E-state index contributed by atoms with van der Waals surface area (Å²) in [6.07, 6.45) is 0. The predicted molar refractivity (Wildman–Crippen MR) is 114 cm³/mol. The second-order valence-corrected chi connectivity index (χ2v) is 7.90. The zero-order valence-electron chi connectivity index (χ0n) is 16.8. The molecule has 0 atom stereocenters. The summed E-state index contributed by atoms with van der Waals surface area (Å²) in [5.41, 5.74) is 4.99. The minimum absolute atomic E-state index is 0.559. The highest BCUT2D eigenvalue weighted by molar-refractivity contribution is 7.71. The zero-order chi connectivity index (χ0) is 19.6. The standard InChI is InChI=1S/C22H28N4S/c1-16(2)19-12-10-18(11-13-19)14-24(4)15-26-22(27)25(5)21(23-26)20-9-7-6-8-17(20)3/h6-13,16H,14-15H2,1-5H3. The molecule has 0 unspecified atom stereocenters. The Bertz CT molecular complexity index is 967. The van der Waals surface area contributed by atoms with Gasteiger partial charge in [0.25, 0.3) is 0 Å². The molecule has 27 heavy (non-hydrogen) atoms. The van der Waals surface area contributed by atoms with Crippen molar-refractivity contribution in [2.45, 2.75) is 39.9 Å². The van der Waals surface area contributed by atoms with Crippen molar-refractivity contribution in [1.82, 2.24) is 19.2 Å². The van der Waals surface area contributed by atoms with Crippen molar-refractivity contribution in [2.75, 3.05) is 7.05 Å². The fraction of sp³-hybridized carbons (Fsp3) is 0.364. The smallest absolute Gasteiger partial charge is 0.199 e. The first-order valence-corrected chi connectivity index (χ1v) is 9.75. The van der Waals surface area contributed by atoms with Crippen LogP contribution < -0.4 is 0 Å². The number of benzene rings is 2. The molecule has 0 aliphatic carbocycles. The van der Waals surface area contributed by atoms with E-state index >= 15 is 0 Å². The van der Waals surface area contributed by atoms with Gasteiger partial charge in [0.05, 0.1) is 6.67 Å². The summed E-state index contributed by atoms with van der Waals surface area (Å²) in [7, 11) is 4.08. The van der Waals surface area contributed by atoms with Gasteiger partial charge in [-0.15, -0.1) is 0 Å². The van der Waals surface area contributed by atoms with Gasteiger partial charge in [-0.3, -0.25) is 4.90 Å². The number of nitrogens with zero attached hydrogens (tertiary/aromatic N) is 4. The molecule has 0 radical (unpaired) electrons. The minimum atomic E-state index is 0.559. The van der Waals surface area contributed by atoms with E-state index < -0.39 is 0 Å². The van der Waals surface area contributed by atoms with Crippen LogP contribution in [0, 0.1) is 11.7 Å². The fourth-order valence-electron chi connectivity index (χ4n) is 3.24. The highest BCUT2D eigenvalue weighted by Gasteiger charge is 2.13. The molecule has 4 nitrogen and oxygen atoms in total. The molecule has 3 rings (SSSR count). The van der Waals surface area contributed by atoms with Crippen LogP contribution in [0.15, 0.2) is 48.5 Å². The van der Waals surface area contributed by atoms with Crippen molar-refractivity contribution >= 4 is 12.2 Å². The molecule has 0 fully saturated rings. The lowest BCUT2D eigenvalue weighted by molar-refractivity contribution is 0.244. The molecule has 1 aromatic heterocycles. The third-order valence-electron chi connectivity index (χ3n) is 4.90. The number of hydrogen-bond donors (Lipinski definition) is 0. The van der Waals surface area contributed by atoms with E-state index in [0.717, 1.165) is 22.7 Å². The van der Waals surface area contributed by atoms with Crippen LogP contribution in [0.25, 0.3) is 11.4 Å². The lowest BCUT2D eigenvalue weighted by Gasteiger charge is -2.17. The Kier molecular flexibility index (Phi) is 5.92. The first-order valence-electron chi connectivity index (χ1n) is 9.34. The lowest BCUT2D eigenvalue weighted by Crippen LogP contribution is -2.22. The molecule has 0 aliphatic heterocycles. The molecule has 5 heteroatoms. The Morgan fingerprint density at radius 1 is 1.07 bits per heavy atom. The molecular formula is C22H28N4S. The molecule has 1 heterocycles. The van der Waals surface area contributed by atoms with Gasteiger partial charge >= 0.3 is 0 Å². The normalized spacial score (nSPS) is 11.5. The van der Waals surface area contributed by atoms with Crippen molar-refractivity contribution in [1.29, 1.82) is 0 Å². The summed E-state index contributed by atoms with van der Waals surface area (Å²) in [4.78, 5) is 2.23. The van der Waals surface area contributed by atoms with E-state index in [0.29, 0.717) is 12.6 Å². The Balaban J connectivity index is 1.77. The topological polar surface area (TPSA) is 26.0 Å². The molecule has 3 aromatic rings. The van der Waals surface area contributed by atoms with Crippen LogP contribution in [0.3, 0.4) is 0 Å². The maximum Gasteiger partial charge on any atom is 0.199 e. The molecule has 0 spiro atoms. The highest BCUT2D eigenvalue weighted by atomic mass is 32.1. The maximum atomic E-state index is 5.62. The van der Waals surface area contributed by atoms with Gasteiger partial charge in [-0.25, -0.2) is 4.68 Å². The van der Waals surface area contributed by atoms with Crippen molar-refractivity contribution in [2.24, 2.45) is 7.05 Å². The third kappa shape index (κ3) is 4.37. The average molecular weight is 381 g/mol. The van der Waals surface area contributed by atoms with Gasteiger partial charge in [-0.05, 0) is 48.8 Å². The van der Waals surface area contributed by atoms with E-state index in [1.807, 2.05) is 28.4 Å². The largest absolute Gasteiger partial charge is 0.303 e. The summed E-state index contributed by atoms with van der Waals surface area (Å²) in [6.45, 7) is 8.05. The molecule has 2 aromatic carbocycles. The second-order valence-electron chi connectivity index (χ2n) is 7.53. The minimum Gasteiger partial charge on any atom is -0.303 e. The number of hydrogen-bond acceptors (Lipinski definition) is 3. The van der Waals surface area contributed by atoms with Gasteiger partial charge < -0.3 is 4.57 Å². The van der Waals surface area contributed by atoms with Gasteiger partial charge in [-0.1, -0.05) is 62.4 Å². The highest BCUT2D eigenvalue weighted by Crippen LogP contribution is 2.21. The summed E-state index contributed by atoms with van der Waals surface area (Å²) < 4.78 is 4.62. The maximum absolute atomic E-state index is 5.62. The molecule has 0 bridgehead atoms. The van der Waals surface area contributed by atoms with Gasteiger partial charge in [-0.2, -0.15) is 5.10 Å². The van der Waals surface area contributed by atoms with E-state index in [1.165, 1.54) is 16.7 Å². The Hall–Kier alpha value is -2.24. The SMILES string of the molecule is Cc1ccccc1-c1nn(CN(C)Cc2ccc(C(C)C)cc2)c(=S)n1C. The van der Waals surface area contributed by atoms with Gasteiger partial charge in [0.2, 0.25) is 0 Å². The van der Waals surface area contributed by atoms with Crippen LogP contribution >= 0.6 is 12.2 Å². The molecule has 0 saturated heterocycles. The van der Waals surface area contributed by atoms with Crippen molar-refractivity contribution in [3.63, 3.8) is 0 Å². The molecule has 142 valence electrons. The molecular weight excluding hydrogens is 352 g/mol. The van der Waals surface area contributed by atoms with E-state index in [9.17, 15) is 0 Å². The molecule has 0 N–H and O–H groups in total. The first kappa shape index (κ1) is 19.5. The van der Waals surface area contributed by atoms with Gasteiger partial charge in [0, 0.05) is 19.2 Å². The van der Waals surface area contributed by atoms with E-state index in [4.69, 9.17) is 17.3 Å². The fourth-order valence-corrected chi connectivity index (χ4v) is 3.42. The summed E-state index contributed by atoms with van der Waals surface area (Å²) in [5.74, 6) is 1.47. The summed E-state index contributed by atoms with van der Waals surface area (Å²) in [6, 6.07) is 17.1. The van der Waals surface area contributed by atoms with Crippen molar-refractivity contribution in [3.8, 4) is 11.4 Å². The van der Waals surface area contributed by atoms with Gasteiger partial charge in [0.15, 0.2) is 10.6 Å². The van der Waals surface area contributed by atoms with Crippen molar-refractivity contribution in [3.05, 3.63) is 70.0 Å². The van der Waals surface area contributed by atoms with Gasteiger partial charge in [0.1, 0.15) is 0 Å². The van der Waals surface area contributed by atoms with E-state index in [-0.39, 0.29) is 0 Å². The quantitative estimate of drug-likeness (QED) is 0.554. The van der Waals surface area contributed by atoms with Crippen LogP contribution in [0.5, 0.6) is 0 Å². The Labute approximate surface area is 167 Å². The van der Waals surface area contributed by atoms with Crippen LogP contribution in [-0.4, -0.2) is 26.3 Å². The number of aromatic nitrogens is 3. The molecule has 0 saturated carbocycles. The zero-order valence-corrected chi connectivity index (χ0v) is 17.6. The monoisotopic (exact) mass is 380 g/mol. The van der Waals surface area contributed by atoms with Crippen molar-refractivity contribution < 1.29 is 0 Å². The second kappa shape index (κ2) is 8.19. The molecule has 0 amide bonds. The van der Waals surface area contributed by atoms with E-state index in [2.05, 4.69) is 69.1 Å². The lowest BCUT2D eigenvalue weighted by atomic mass is 10.0. The Morgan fingerprint density at radius 2 is 1.74 bits per heavy atom. The summed E-state index contributed by atoms with van der Waals surface area (Å²) >= 11 is 5.62. The van der Waals surface area contributed by atoms with Crippen LogP contribution in [0.2, 0.25) is 0 Å². The van der Waals surface area contributed by atoms with E-state index in [1.54, 1.807) is 0 Å². The van der Waals surface area contributed by atoms with Crippen LogP contribution in [0.1, 0.15) is 36.5 Å².